The summed E-state index contributed by atoms with van der Waals surface area (Å²) in [7, 11) is 0. The van der Waals surface area contributed by atoms with Gasteiger partial charge in [0.2, 0.25) is 0 Å². The molecule has 2 N–H and O–H groups in total. The second kappa shape index (κ2) is 4.98. The van der Waals surface area contributed by atoms with E-state index in [4.69, 9.17) is 0 Å². The summed E-state index contributed by atoms with van der Waals surface area (Å²) in [6, 6.07) is 6.78. The summed E-state index contributed by atoms with van der Waals surface area (Å²) in [5.74, 6) is 0.370. The number of rotatable bonds is 2. The number of aliphatic hydroxyl groups is 1. The van der Waals surface area contributed by atoms with Gasteiger partial charge in [0.05, 0.1) is 0 Å². The number of hydrogen-bond acceptors (Lipinski definition) is 2. The highest BCUT2D eigenvalue weighted by Crippen LogP contribution is 2.31. The molecule has 1 aliphatic rings. The summed E-state index contributed by atoms with van der Waals surface area (Å²) >= 11 is 0. The summed E-state index contributed by atoms with van der Waals surface area (Å²) in [4.78, 5) is 0. The monoisotopic (exact) mass is 219 g/mol. The molecule has 2 heteroatoms. The van der Waals surface area contributed by atoms with Gasteiger partial charge in [0.1, 0.15) is 0 Å². The molecule has 2 rings (SSSR count). The first kappa shape index (κ1) is 11.6. The highest BCUT2D eigenvalue weighted by Gasteiger charge is 2.26. The zero-order valence-corrected chi connectivity index (χ0v) is 10.2. The van der Waals surface area contributed by atoms with Crippen LogP contribution < -0.4 is 5.32 Å². The molecular formula is C14H21NO. The number of piperidine rings is 1. The molecule has 1 aliphatic heterocycles. The van der Waals surface area contributed by atoms with E-state index in [1.807, 2.05) is 0 Å². The third-order valence-electron chi connectivity index (χ3n) is 3.80. The largest absolute Gasteiger partial charge is 0.396 e. The maximum atomic E-state index is 9.44. The lowest BCUT2D eigenvalue weighted by Crippen LogP contribution is -2.36. The van der Waals surface area contributed by atoms with Gasteiger partial charge in [-0.15, -0.1) is 0 Å². The Kier molecular flexibility index (Phi) is 3.62. The van der Waals surface area contributed by atoms with Crippen LogP contribution in [0.1, 0.15) is 35.6 Å². The summed E-state index contributed by atoms with van der Waals surface area (Å²) in [5, 5.41) is 13.0. The van der Waals surface area contributed by atoms with Crippen molar-refractivity contribution in [1.82, 2.24) is 5.32 Å². The minimum absolute atomic E-state index is 0.283. The lowest BCUT2D eigenvalue weighted by molar-refractivity contribution is 0.160. The minimum atomic E-state index is 0.283. The third-order valence-corrected chi connectivity index (χ3v) is 3.80. The number of hydrogen-bond donors (Lipinski definition) is 2. The Morgan fingerprint density at radius 2 is 2.19 bits per heavy atom. The van der Waals surface area contributed by atoms with E-state index in [0.717, 1.165) is 13.0 Å². The van der Waals surface area contributed by atoms with Crippen LogP contribution in [0.4, 0.5) is 0 Å². The highest BCUT2D eigenvalue weighted by atomic mass is 16.3. The van der Waals surface area contributed by atoms with Gasteiger partial charge in [-0.05, 0) is 49.9 Å². The molecule has 1 fully saturated rings. The van der Waals surface area contributed by atoms with Gasteiger partial charge >= 0.3 is 0 Å². The van der Waals surface area contributed by atoms with Crippen molar-refractivity contribution in [3.8, 4) is 0 Å². The van der Waals surface area contributed by atoms with Gasteiger partial charge in [0.25, 0.3) is 0 Å². The molecule has 2 unspecified atom stereocenters. The Morgan fingerprint density at radius 3 is 2.94 bits per heavy atom. The normalized spacial score (nSPS) is 25.7. The molecule has 0 bridgehead atoms. The second-order valence-electron chi connectivity index (χ2n) is 4.81. The molecule has 1 aromatic rings. The van der Waals surface area contributed by atoms with Crippen LogP contribution in [-0.2, 0) is 0 Å². The maximum Gasteiger partial charge on any atom is 0.0477 e. The van der Waals surface area contributed by atoms with Crippen molar-refractivity contribution in [2.24, 2.45) is 5.92 Å². The van der Waals surface area contributed by atoms with E-state index in [1.54, 1.807) is 0 Å². The molecule has 1 saturated heterocycles. The van der Waals surface area contributed by atoms with E-state index in [9.17, 15) is 5.11 Å². The smallest absolute Gasteiger partial charge is 0.0477 e. The number of aliphatic hydroxyl groups excluding tert-OH is 1. The molecule has 1 aromatic carbocycles. The van der Waals surface area contributed by atoms with E-state index in [1.165, 1.54) is 23.1 Å². The Morgan fingerprint density at radius 1 is 1.38 bits per heavy atom. The molecule has 2 atom stereocenters. The van der Waals surface area contributed by atoms with Crippen LogP contribution in [-0.4, -0.2) is 18.3 Å². The van der Waals surface area contributed by atoms with Crippen LogP contribution in [0, 0.1) is 19.8 Å². The Hall–Kier alpha value is -0.860. The van der Waals surface area contributed by atoms with Crippen molar-refractivity contribution in [1.29, 1.82) is 0 Å². The van der Waals surface area contributed by atoms with Gasteiger partial charge in [0, 0.05) is 18.6 Å². The predicted molar refractivity (Wildman–Crippen MR) is 66.5 cm³/mol. The fourth-order valence-corrected chi connectivity index (χ4v) is 2.63. The van der Waals surface area contributed by atoms with Gasteiger partial charge in [-0.3, -0.25) is 0 Å². The Labute approximate surface area is 97.7 Å². The van der Waals surface area contributed by atoms with Crippen molar-refractivity contribution in [2.45, 2.75) is 32.7 Å². The summed E-state index contributed by atoms with van der Waals surface area (Å²) in [5.41, 5.74) is 4.06. The van der Waals surface area contributed by atoms with Crippen LogP contribution in [0.3, 0.4) is 0 Å². The average Bonchev–Trinajstić information content (AvgIpc) is 2.33. The zero-order chi connectivity index (χ0) is 11.5. The molecule has 16 heavy (non-hydrogen) atoms. The number of aryl methyl sites for hydroxylation is 1. The first-order valence-corrected chi connectivity index (χ1v) is 6.14. The van der Waals surface area contributed by atoms with Crippen molar-refractivity contribution < 1.29 is 5.11 Å². The molecule has 0 aromatic heterocycles. The lowest BCUT2D eigenvalue weighted by atomic mass is 9.84. The molecule has 1 heterocycles. The van der Waals surface area contributed by atoms with Crippen molar-refractivity contribution in [3.05, 3.63) is 34.9 Å². The van der Waals surface area contributed by atoms with E-state index in [0.29, 0.717) is 12.0 Å². The van der Waals surface area contributed by atoms with Crippen LogP contribution in [0.2, 0.25) is 0 Å². The standard InChI is InChI=1S/C14H21NO/c1-10-5-3-7-13(11(10)2)14-12(9-16)6-4-8-15-14/h3,5,7,12,14-16H,4,6,8-9H2,1-2H3. The Balaban J connectivity index is 2.30. The molecule has 2 nitrogen and oxygen atoms in total. The second-order valence-corrected chi connectivity index (χ2v) is 4.81. The number of benzene rings is 1. The van der Waals surface area contributed by atoms with E-state index < -0.39 is 0 Å². The first-order chi connectivity index (χ1) is 7.74. The zero-order valence-electron chi connectivity index (χ0n) is 10.2. The van der Waals surface area contributed by atoms with Gasteiger partial charge in [-0.2, -0.15) is 0 Å². The van der Waals surface area contributed by atoms with E-state index >= 15 is 0 Å². The molecule has 0 amide bonds. The molecule has 0 spiro atoms. The van der Waals surface area contributed by atoms with Gasteiger partial charge in [-0.25, -0.2) is 0 Å². The van der Waals surface area contributed by atoms with Crippen molar-refractivity contribution in [2.75, 3.05) is 13.2 Å². The van der Waals surface area contributed by atoms with Crippen LogP contribution in [0.25, 0.3) is 0 Å². The minimum Gasteiger partial charge on any atom is -0.396 e. The van der Waals surface area contributed by atoms with Gasteiger partial charge in [0.15, 0.2) is 0 Å². The molecular weight excluding hydrogens is 198 g/mol. The van der Waals surface area contributed by atoms with Crippen LogP contribution in [0.5, 0.6) is 0 Å². The van der Waals surface area contributed by atoms with Crippen LogP contribution >= 0.6 is 0 Å². The maximum absolute atomic E-state index is 9.44. The summed E-state index contributed by atoms with van der Waals surface area (Å²) < 4.78 is 0. The fraction of sp³-hybridized carbons (Fsp3) is 0.571. The SMILES string of the molecule is Cc1cccc(C2NCCCC2CO)c1C. The first-order valence-electron chi connectivity index (χ1n) is 6.14. The topological polar surface area (TPSA) is 32.3 Å². The van der Waals surface area contributed by atoms with Crippen molar-refractivity contribution in [3.63, 3.8) is 0 Å². The quantitative estimate of drug-likeness (QED) is 0.800. The third kappa shape index (κ3) is 2.13. The van der Waals surface area contributed by atoms with Crippen LogP contribution in [0.15, 0.2) is 18.2 Å². The molecule has 0 aliphatic carbocycles. The fourth-order valence-electron chi connectivity index (χ4n) is 2.63. The molecule has 0 saturated carbocycles. The lowest BCUT2D eigenvalue weighted by Gasteiger charge is -2.33. The highest BCUT2D eigenvalue weighted by molar-refractivity contribution is 5.35. The van der Waals surface area contributed by atoms with E-state index in [2.05, 4.69) is 37.4 Å². The average molecular weight is 219 g/mol. The Bertz CT molecular complexity index is 362. The molecule has 88 valence electrons. The van der Waals surface area contributed by atoms with Gasteiger partial charge in [-0.1, -0.05) is 18.2 Å². The van der Waals surface area contributed by atoms with E-state index in [-0.39, 0.29) is 6.61 Å². The van der Waals surface area contributed by atoms with Gasteiger partial charge < -0.3 is 10.4 Å². The number of nitrogens with one attached hydrogen (secondary N) is 1. The summed E-state index contributed by atoms with van der Waals surface area (Å²) in [6.45, 7) is 5.67. The summed E-state index contributed by atoms with van der Waals surface area (Å²) in [6.07, 6.45) is 2.30. The molecule has 0 radical (unpaired) electrons. The van der Waals surface area contributed by atoms with Crippen molar-refractivity contribution >= 4 is 0 Å². The predicted octanol–water partition coefficient (Wildman–Crippen LogP) is 2.34.